The Morgan fingerprint density at radius 1 is 1.29 bits per heavy atom. The molecule has 1 aromatic carbocycles. The number of rotatable bonds is 0. The molecular formula is C10H12N4. The minimum absolute atomic E-state index is 0.0719. The van der Waals surface area contributed by atoms with Gasteiger partial charge in [0.15, 0.2) is 0 Å². The molecule has 0 radical (unpaired) electrons. The van der Waals surface area contributed by atoms with E-state index in [1.54, 1.807) is 6.34 Å². The normalized spacial score (nSPS) is 32.8. The van der Waals surface area contributed by atoms with Crippen molar-refractivity contribution in [2.45, 2.75) is 18.2 Å². The van der Waals surface area contributed by atoms with E-state index in [1.807, 2.05) is 18.2 Å². The molecule has 2 aliphatic rings. The SMILES string of the molecule is NC1Nc2ccccc2C2N=CNC12. The van der Waals surface area contributed by atoms with Gasteiger partial charge < -0.3 is 16.4 Å². The van der Waals surface area contributed by atoms with Crippen LogP contribution in [0.15, 0.2) is 29.3 Å². The summed E-state index contributed by atoms with van der Waals surface area (Å²) in [6, 6.07) is 8.52. The quantitative estimate of drug-likeness (QED) is 0.553. The van der Waals surface area contributed by atoms with Gasteiger partial charge in [0, 0.05) is 11.3 Å². The van der Waals surface area contributed by atoms with E-state index in [0.29, 0.717) is 0 Å². The van der Waals surface area contributed by atoms with Gasteiger partial charge in [0.25, 0.3) is 0 Å². The van der Waals surface area contributed by atoms with E-state index in [2.05, 4.69) is 21.7 Å². The first kappa shape index (κ1) is 7.82. The summed E-state index contributed by atoms with van der Waals surface area (Å²) in [6.07, 6.45) is 1.68. The lowest BCUT2D eigenvalue weighted by molar-refractivity contribution is 0.462. The van der Waals surface area contributed by atoms with Crippen LogP contribution in [0.3, 0.4) is 0 Å². The standard InChI is InChI=1S/C10H12N4/c11-10-9-8(12-5-13-9)6-3-1-2-4-7(6)14-10/h1-5,8-10,14H,11H2,(H,12,13). The van der Waals surface area contributed by atoms with E-state index in [-0.39, 0.29) is 18.2 Å². The molecule has 0 fully saturated rings. The zero-order valence-electron chi connectivity index (χ0n) is 7.64. The second kappa shape index (κ2) is 2.72. The largest absolute Gasteiger partial charge is 0.368 e. The Kier molecular flexibility index (Phi) is 1.52. The molecular weight excluding hydrogens is 176 g/mol. The van der Waals surface area contributed by atoms with E-state index < -0.39 is 0 Å². The molecule has 0 aromatic heterocycles. The maximum absolute atomic E-state index is 5.98. The summed E-state index contributed by atoms with van der Waals surface area (Å²) in [5, 5.41) is 6.44. The first-order chi connectivity index (χ1) is 6.86. The summed E-state index contributed by atoms with van der Waals surface area (Å²) in [7, 11) is 0. The van der Waals surface area contributed by atoms with Crippen molar-refractivity contribution in [2.75, 3.05) is 5.32 Å². The number of nitrogens with zero attached hydrogens (tertiary/aromatic N) is 1. The molecule has 0 saturated heterocycles. The molecule has 3 atom stereocenters. The number of hydrogen-bond donors (Lipinski definition) is 3. The van der Waals surface area contributed by atoms with Gasteiger partial charge in [-0.2, -0.15) is 0 Å². The average Bonchev–Trinajstić information content (AvgIpc) is 2.67. The summed E-state index contributed by atoms with van der Waals surface area (Å²) in [4.78, 5) is 4.39. The van der Waals surface area contributed by atoms with Crippen molar-refractivity contribution in [3.8, 4) is 0 Å². The van der Waals surface area contributed by atoms with Crippen LogP contribution >= 0.6 is 0 Å². The van der Waals surface area contributed by atoms with Gasteiger partial charge in [0.05, 0.1) is 18.5 Å². The van der Waals surface area contributed by atoms with Crippen LogP contribution in [0.4, 0.5) is 5.69 Å². The number of anilines is 1. The highest BCUT2D eigenvalue weighted by molar-refractivity contribution is 5.65. The van der Waals surface area contributed by atoms with Gasteiger partial charge in [-0.15, -0.1) is 0 Å². The first-order valence-corrected chi connectivity index (χ1v) is 4.75. The highest BCUT2D eigenvalue weighted by atomic mass is 15.2. The Bertz CT molecular complexity index is 387. The average molecular weight is 188 g/mol. The monoisotopic (exact) mass is 188 g/mol. The topological polar surface area (TPSA) is 62.4 Å². The smallest absolute Gasteiger partial charge is 0.102 e. The lowest BCUT2D eigenvalue weighted by Gasteiger charge is -2.33. The second-order valence-corrected chi connectivity index (χ2v) is 3.67. The van der Waals surface area contributed by atoms with Gasteiger partial charge in [-0.05, 0) is 6.07 Å². The highest BCUT2D eigenvalue weighted by Crippen LogP contribution is 2.35. The van der Waals surface area contributed by atoms with Gasteiger partial charge in [-0.25, -0.2) is 0 Å². The molecule has 0 bridgehead atoms. The van der Waals surface area contributed by atoms with Crippen LogP contribution in [-0.2, 0) is 0 Å². The predicted molar refractivity (Wildman–Crippen MR) is 56.2 cm³/mol. The number of hydrogen-bond acceptors (Lipinski definition) is 4. The summed E-state index contributed by atoms with van der Waals surface area (Å²) in [5.41, 5.74) is 8.30. The van der Waals surface area contributed by atoms with E-state index in [1.165, 1.54) is 5.56 Å². The lowest BCUT2D eigenvalue weighted by atomic mass is 9.93. The van der Waals surface area contributed by atoms with Gasteiger partial charge in [0.2, 0.25) is 0 Å². The Morgan fingerprint density at radius 3 is 3.07 bits per heavy atom. The minimum Gasteiger partial charge on any atom is -0.368 e. The fourth-order valence-electron chi connectivity index (χ4n) is 2.12. The molecule has 3 unspecified atom stereocenters. The van der Waals surface area contributed by atoms with Crippen LogP contribution in [0.2, 0.25) is 0 Å². The van der Waals surface area contributed by atoms with Crippen molar-refractivity contribution >= 4 is 12.0 Å². The second-order valence-electron chi connectivity index (χ2n) is 3.67. The Hall–Kier alpha value is -1.55. The van der Waals surface area contributed by atoms with Crippen LogP contribution < -0.4 is 16.4 Å². The molecule has 4 heteroatoms. The number of benzene rings is 1. The summed E-state index contributed by atoms with van der Waals surface area (Å²) < 4.78 is 0. The third kappa shape index (κ3) is 0.943. The fourth-order valence-corrected chi connectivity index (χ4v) is 2.12. The van der Waals surface area contributed by atoms with Crippen LogP contribution in [0.5, 0.6) is 0 Å². The van der Waals surface area contributed by atoms with Crippen LogP contribution in [0.25, 0.3) is 0 Å². The van der Waals surface area contributed by atoms with Gasteiger partial charge >= 0.3 is 0 Å². The molecule has 0 aliphatic carbocycles. The molecule has 0 saturated carbocycles. The van der Waals surface area contributed by atoms with Crippen molar-refractivity contribution in [2.24, 2.45) is 10.7 Å². The molecule has 4 N–H and O–H groups in total. The zero-order valence-corrected chi connectivity index (χ0v) is 7.64. The first-order valence-electron chi connectivity index (χ1n) is 4.75. The van der Waals surface area contributed by atoms with Crippen molar-refractivity contribution in [3.63, 3.8) is 0 Å². The lowest BCUT2D eigenvalue weighted by Crippen LogP contribution is -2.52. The van der Waals surface area contributed by atoms with Crippen LogP contribution in [-0.4, -0.2) is 18.5 Å². The molecule has 2 aliphatic heterocycles. The van der Waals surface area contributed by atoms with Crippen LogP contribution in [0, 0.1) is 0 Å². The number of para-hydroxylation sites is 1. The van der Waals surface area contributed by atoms with E-state index in [0.717, 1.165) is 5.69 Å². The molecule has 2 heterocycles. The minimum atomic E-state index is -0.0719. The maximum atomic E-state index is 5.98. The van der Waals surface area contributed by atoms with Crippen molar-refractivity contribution in [1.82, 2.24) is 5.32 Å². The van der Waals surface area contributed by atoms with Gasteiger partial charge in [0.1, 0.15) is 6.04 Å². The van der Waals surface area contributed by atoms with Crippen molar-refractivity contribution in [3.05, 3.63) is 29.8 Å². The van der Waals surface area contributed by atoms with Crippen molar-refractivity contribution in [1.29, 1.82) is 0 Å². The van der Waals surface area contributed by atoms with Gasteiger partial charge in [-0.1, -0.05) is 18.2 Å². The number of aliphatic imine (C=N–C) groups is 1. The number of nitrogens with two attached hydrogens (primary N) is 1. The molecule has 0 amide bonds. The zero-order chi connectivity index (χ0) is 9.54. The molecule has 14 heavy (non-hydrogen) atoms. The molecule has 1 aromatic rings. The summed E-state index contributed by atoms with van der Waals surface area (Å²) in [6.45, 7) is 0. The molecule has 3 rings (SSSR count). The fraction of sp³-hybridized carbons (Fsp3) is 0.300. The Labute approximate surface area is 82.2 Å². The summed E-state index contributed by atoms with van der Waals surface area (Å²) in [5.74, 6) is 0. The summed E-state index contributed by atoms with van der Waals surface area (Å²) >= 11 is 0. The highest BCUT2D eigenvalue weighted by Gasteiger charge is 2.36. The number of fused-ring (bicyclic) bond motifs is 3. The Morgan fingerprint density at radius 2 is 2.14 bits per heavy atom. The van der Waals surface area contributed by atoms with Crippen molar-refractivity contribution < 1.29 is 0 Å². The maximum Gasteiger partial charge on any atom is 0.102 e. The third-order valence-electron chi connectivity index (χ3n) is 2.83. The number of nitrogens with one attached hydrogen (secondary N) is 2. The molecule has 72 valence electrons. The van der Waals surface area contributed by atoms with Gasteiger partial charge in [-0.3, -0.25) is 4.99 Å². The van der Waals surface area contributed by atoms with Crippen LogP contribution in [0.1, 0.15) is 11.6 Å². The predicted octanol–water partition coefficient (Wildman–Crippen LogP) is 0.438. The Balaban J connectivity index is 2.11. The van der Waals surface area contributed by atoms with E-state index >= 15 is 0 Å². The third-order valence-corrected chi connectivity index (χ3v) is 2.83. The van der Waals surface area contributed by atoms with E-state index in [4.69, 9.17) is 5.73 Å². The molecule has 4 nitrogen and oxygen atoms in total. The molecule has 0 spiro atoms. The van der Waals surface area contributed by atoms with E-state index in [9.17, 15) is 0 Å².